The van der Waals surface area contributed by atoms with Crippen LogP contribution in [-0.2, 0) is 25.1 Å². The zero-order valence-corrected chi connectivity index (χ0v) is 19.1. The van der Waals surface area contributed by atoms with Gasteiger partial charge in [-0.3, -0.25) is 4.79 Å². The molecule has 0 unspecified atom stereocenters. The number of benzene rings is 2. The van der Waals surface area contributed by atoms with E-state index in [0.717, 1.165) is 43.5 Å². The highest BCUT2D eigenvalue weighted by Crippen LogP contribution is 2.28. The van der Waals surface area contributed by atoms with E-state index in [0.29, 0.717) is 4.31 Å². The number of nitrogens with one attached hydrogen (secondary N) is 1. The lowest BCUT2D eigenvalue weighted by atomic mass is 10.1. The Kier molecular flexibility index (Phi) is 6.65. The highest BCUT2D eigenvalue weighted by atomic mass is 35.5. The summed E-state index contributed by atoms with van der Waals surface area (Å²) in [6.07, 6.45) is 0.999. The number of hydrogen-bond acceptors (Lipinski definition) is 6. The third kappa shape index (κ3) is 5.31. The molecule has 1 heterocycles. The number of halogens is 5. The van der Waals surface area contributed by atoms with E-state index in [1.54, 1.807) is 0 Å². The first-order valence-corrected chi connectivity index (χ1v) is 12.0. The zero-order chi connectivity index (χ0) is 25.5. The Morgan fingerprint density at radius 2 is 1.85 bits per heavy atom. The van der Waals surface area contributed by atoms with E-state index in [-0.39, 0.29) is 16.3 Å². The summed E-state index contributed by atoms with van der Waals surface area (Å²) < 4.78 is 106. The van der Waals surface area contributed by atoms with Crippen LogP contribution in [0.5, 0.6) is 5.75 Å². The maximum absolute atomic E-state index is 13.3. The molecular formula is C18H12ClF4N3O6S2. The number of carbonyl (C=O) groups is 1. The molecular weight excluding hydrogens is 530 g/mol. The molecule has 1 aliphatic rings. The number of hydrogen-bond donors (Lipinski definition) is 1. The lowest BCUT2D eigenvalue weighted by Gasteiger charge is -2.23. The summed E-state index contributed by atoms with van der Waals surface area (Å²) in [7, 11) is -9.42. The number of anilines is 1. The first kappa shape index (κ1) is 25.5. The van der Waals surface area contributed by atoms with Crippen LogP contribution in [0.25, 0.3) is 0 Å². The van der Waals surface area contributed by atoms with Crippen molar-refractivity contribution in [3.05, 3.63) is 70.6 Å². The lowest BCUT2D eigenvalue weighted by molar-refractivity contribution is -0.113. The van der Waals surface area contributed by atoms with Gasteiger partial charge in [0.2, 0.25) is 0 Å². The Morgan fingerprint density at radius 3 is 2.47 bits per heavy atom. The second-order valence-corrected chi connectivity index (χ2v) is 10.1. The Balaban J connectivity index is 1.97. The Morgan fingerprint density at radius 1 is 1.18 bits per heavy atom. The largest absolute Gasteiger partial charge is 0.534 e. The minimum absolute atomic E-state index is 0.0416. The number of rotatable bonds is 5. The Labute approximate surface area is 195 Å². The molecule has 0 aromatic heterocycles. The number of nitrogens with zero attached hydrogens (tertiary/aromatic N) is 2. The summed E-state index contributed by atoms with van der Waals surface area (Å²) >= 11 is 5.66. The van der Waals surface area contributed by atoms with Crippen molar-refractivity contribution < 1.29 is 43.4 Å². The van der Waals surface area contributed by atoms with Crippen LogP contribution in [0.2, 0.25) is 5.02 Å². The van der Waals surface area contributed by atoms with Crippen LogP contribution >= 0.6 is 11.6 Å². The van der Waals surface area contributed by atoms with E-state index in [9.17, 15) is 39.2 Å². The zero-order valence-electron chi connectivity index (χ0n) is 16.7. The number of likely N-dealkylation sites (N-methyl/N-ethyl adjacent to an activating group) is 1. The molecule has 0 atom stereocenters. The Bertz CT molecular complexity index is 1440. The number of alkyl halides is 3. The molecule has 2 aromatic rings. The van der Waals surface area contributed by atoms with E-state index in [2.05, 4.69) is 13.9 Å². The van der Waals surface area contributed by atoms with Crippen molar-refractivity contribution in [1.29, 1.82) is 0 Å². The molecule has 0 fully saturated rings. The van der Waals surface area contributed by atoms with Crippen molar-refractivity contribution in [2.24, 2.45) is 4.40 Å². The number of allylic oxidation sites excluding steroid dienone is 1. The van der Waals surface area contributed by atoms with Crippen LogP contribution in [0.15, 0.2) is 58.6 Å². The minimum atomic E-state index is -5.98. The fourth-order valence-corrected chi connectivity index (χ4v) is 4.10. The third-order valence-corrected chi connectivity index (χ3v) is 6.79. The molecule has 2 aromatic carbocycles. The van der Waals surface area contributed by atoms with Crippen molar-refractivity contribution >= 4 is 49.2 Å². The summed E-state index contributed by atoms with van der Waals surface area (Å²) in [5.74, 6) is -2.48. The van der Waals surface area contributed by atoms with Gasteiger partial charge in [0.15, 0.2) is 0 Å². The van der Waals surface area contributed by atoms with Crippen LogP contribution in [-0.4, -0.2) is 45.3 Å². The van der Waals surface area contributed by atoms with Crippen molar-refractivity contribution in [2.75, 3.05) is 12.4 Å². The average Bonchev–Trinajstić information content (AvgIpc) is 2.71. The fourth-order valence-electron chi connectivity index (χ4n) is 2.55. The third-order valence-electron chi connectivity index (χ3n) is 4.20. The molecule has 0 spiro atoms. The molecule has 0 bridgehead atoms. The van der Waals surface area contributed by atoms with E-state index >= 15 is 0 Å². The monoisotopic (exact) mass is 541 g/mol. The number of carbonyl (C=O) groups excluding carboxylic acids is 1. The SMILES string of the molecule is CN1C(C(=O)Nc2ccc(F)c(Cl)c2)=CC(c2cccc(OS(=O)(=O)C(F)(F)F)c2)=NS1(=O)=O. The summed E-state index contributed by atoms with van der Waals surface area (Å²) in [4.78, 5) is 12.7. The van der Waals surface area contributed by atoms with Crippen molar-refractivity contribution in [2.45, 2.75) is 5.51 Å². The van der Waals surface area contributed by atoms with Gasteiger partial charge in [0.25, 0.3) is 5.91 Å². The standard InChI is InChI=1S/C18H12ClF4N3O6S2/c1-26-16(17(27)24-11-5-6-14(20)13(19)8-11)9-15(25-34(26,30)31)10-3-2-4-12(7-10)32-33(28,29)18(21,22)23/h2-9H,1H3,(H,24,27). The molecule has 0 saturated heterocycles. The maximum atomic E-state index is 13.3. The molecule has 1 amide bonds. The molecule has 1 N–H and O–H groups in total. The molecule has 3 rings (SSSR count). The van der Waals surface area contributed by atoms with Crippen molar-refractivity contribution in [3.8, 4) is 5.75 Å². The highest BCUT2D eigenvalue weighted by Gasteiger charge is 2.48. The van der Waals surface area contributed by atoms with E-state index in [4.69, 9.17) is 11.6 Å². The first-order valence-electron chi connectivity index (χ1n) is 8.79. The lowest BCUT2D eigenvalue weighted by Crippen LogP contribution is -2.35. The van der Waals surface area contributed by atoms with E-state index in [1.165, 1.54) is 12.1 Å². The smallest absolute Gasteiger partial charge is 0.376 e. The predicted molar refractivity (Wildman–Crippen MR) is 113 cm³/mol. The van der Waals surface area contributed by atoms with Gasteiger partial charge in [-0.25, -0.2) is 8.70 Å². The van der Waals surface area contributed by atoms with Crippen molar-refractivity contribution in [3.63, 3.8) is 0 Å². The van der Waals surface area contributed by atoms with Gasteiger partial charge in [0.05, 0.1) is 10.7 Å². The summed E-state index contributed by atoms with van der Waals surface area (Å²) in [5, 5.41) is 2.03. The van der Waals surface area contributed by atoms with Gasteiger partial charge >= 0.3 is 25.8 Å². The summed E-state index contributed by atoms with van der Waals surface area (Å²) in [6, 6.07) is 7.23. The molecule has 16 heteroatoms. The number of amides is 1. The molecule has 0 aliphatic carbocycles. The maximum Gasteiger partial charge on any atom is 0.534 e. The first-order chi connectivity index (χ1) is 15.6. The molecule has 0 radical (unpaired) electrons. The van der Waals surface area contributed by atoms with Gasteiger partial charge in [-0.2, -0.15) is 30.0 Å². The Hall–Kier alpha value is -3.17. The van der Waals surface area contributed by atoms with Crippen LogP contribution in [0, 0.1) is 5.82 Å². The second kappa shape index (κ2) is 8.88. The summed E-state index contributed by atoms with van der Waals surface area (Å²) in [6.45, 7) is 0. The second-order valence-electron chi connectivity index (χ2n) is 6.55. The minimum Gasteiger partial charge on any atom is -0.376 e. The van der Waals surface area contributed by atoms with Gasteiger partial charge in [-0.1, -0.05) is 23.7 Å². The topological polar surface area (TPSA) is 122 Å². The molecule has 34 heavy (non-hydrogen) atoms. The van der Waals surface area contributed by atoms with Gasteiger partial charge in [-0.05, 0) is 36.4 Å². The van der Waals surface area contributed by atoms with Crippen LogP contribution in [0.4, 0.5) is 23.2 Å². The molecule has 1 aliphatic heterocycles. The van der Waals surface area contributed by atoms with Crippen LogP contribution in [0.3, 0.4) is 0 Å². The summed E-state index contributed by atoms with van der Waals surface area (Å²) in [5.41, 5.74) is -6.66. The fraction of sp³-hybridized carbons (Fsp3) is 0.111. The van der Waals surface area contributed by atoms with Crippen LogP contribution in [0.1, 0.15) is 5.56 Å². The molecule has 182 valence electrons. The van der Waals surface area contributed by atoms with E-state index in [1.807, 2.05) is 0 Å². The van der Waals surface area contributed by atoms with Gasteiger partial charge in [-0.15, -0.1) is 4.40 Å². The quantitative estimate of drug-likeness (QED) is 0.352. The highest BCUT2D eigenvalue weighted by molar-refractivity contribution is 7.88. The normalized spacial score (nSPS) is 15.9. The average molecular weight is 542 g/mol. The predicted octanol–water partition coefficient (Wildman–Crippen LogP) is 3.21. The van der Waals surface area contributed by atoms with E-state index < -0.39 is 54.7 Å². The van der Waals surface area contributed by atoms with Crippen LogP contribution < -0.4 is 9.50 Å². The van der Waals surface area contributed by atoms with Gasteiger partial charge in [0.1, 0.15) is 17.3 Å². The molecule has 9 nitrogen and oxygen atoms in total. The van der Waals surface area contributed by atoms with Gasteiger partial charge < -0.3 is 9.50 Å². The molecule has 0 saturated carbocycles. The van der Waals surface area contributed by atoms with Crippen molar-refractivity contribution in [1.82, 2.24) is 4.31 Å². The van der Waals surface area contributed by atoms with Gasteiger partial charge in [0, 0.05) is 18.3 Å².